The van der Waals surface area contributed by atoms with Gasteiger partial charge < -0.3 is 16.0 Å². The zero-order chi connectivity index (χ0) is 13.4. The molecule has 1 amide bonds. The van der Waals surface area contributed by atoms with Crippen LogP contribution in [-0.4, -0.2) is 55.0 Å². The third-order valence-electron chi connectivity index (χ3n) is 4.06. The Bertz CT molecular complexity index is 494. The number of carbonyl (C=O) groups excluding carboxylic acids is 1. The van der Waals surface area contributed by atoms with Crippen LogP contribution in [0.2, 0.25) is 0 Å². The number of amides is 1. The molecule has 0 aliphatic carbocycles. The lowest BCUT2D eigenvalue weighted by Crippen LogP contribution is -2.54. The van der Waals surface area contributed by atoms with Crippen molar-refractivity contribution in [1.29, 1.82) is 0 Å². The number of hydrogen-bond donors (Lipinski definition) is 1. The van der Waals surface area contributed by atoms with Gasteiger partial charge in [-0.1, -0.05) is 0 Å². The number of likely N-dealkylation sites (N-methyl/N-ethyl adjacent to an activating group) is 1. The highest BCUT2D eigenvalue weighted by Crippen LogP contribution is 2.27. The minimum absolute atomic E-state index is 0.0806. The lowest BCUT2D eigenvalue weighted by Gasteiger charge is -2.39. The summed E-state index contributed by atoms with van der Waals surface area (Å²) in [5, 5.41) is 2.97. The molecule has 1 saturated heterocycles. The maximum atomic E-state index is 12.2. The van der Waals surface area contributed by atoms with Crippen molar-refractivity contribution in [3.63, 3.8) is 0 Å². The average molecular weight is 259 g/mol. The van der Waals surface area contributed by atoms with E-state index in [0.29, 0.717) is 5.69 Å². The number of fused-ring (bicyclic) bond motifs is 1. The Balaban J connectivity index is 1.79. The Morgan fingerprint density at radius 1 is 1.26 bits per heavy atom. The molecule has 3 rings (SSSR count). The van der Waals surface area contributed by atoms with E-state index in [2.05, 4.69) is 22.2 Å². The number of nitrogens with one attached hydrogen (secondary N) is 2. The Hall–Kier alpha value is -1.59. The molecule has 1 radical (unpaired) electrons. The van der Waals surface area contributed by atoms with E-state index in [1.165, 1.54) is 0 Å². The van der Waals surface area contributed by atoms with Crippen molar-refractivity contribution in [1.82, 2.24) is 15.5 Å². The summed E-state index contributed by atoms with van der Waals surface area (Å²) in [7, 11) is 2.11. The second kappa shape index (κ2) is 4.83. The van der Waals surface area contributed by atoms with Crippen molar-refractivity contribution in [3.8, 4) is 0 Å². The minimum atomic E-state index is -0.0806. The summed E-state index contributed by atoms with van der Waals surface area (Å²) in [6, 6.07) is 5.33. The standard InChI is InChI=1S/C14H19N4O/c1-17-4-6-18(7-5-17)13-9-10-8-11(15)2-3-12(10)16-14(13)19/h2-3,8,13,15H,4-7,9H2,1H3,(H,16,19). The van der Waals surface area contributed by atoms with Crippen LogP contribution in [0.4, 0.5) is 11.4 Å². The van der Waals surface area contributed by atoms with Gasteiger partial charge in [-0.2, -0.15) is 0 Å². The molecule has 5 heteroatoms. The van der Waals surface area contributed by atoms with Crippen LogP contribution in [-0.2, 0) is 11.2 Å². The second-order valence-corrected chi connectivity index (χ2v) is 5.42. The smallest absolute Gasteiger partial charge is 0.242 e. The number of benzene rings is 1. The van der Waals surface area contributed by atoms with Gasteiger partial charge in [-0.25, -0.2) is 0 Å². The van der Waals surface area contributed by atoms with Gasteiger partial charge in [0.25, 0.3) is 0 Å². The lowest BCUT2D eigenvalue weighted by atomic mass is 9.97. The van der Waals surface area contributed by atoms with Gasteiger partial charge in [0.05, 0.1) is 11.7 Å². The first-order valence-electron chi connectivity index (χ1n) is 6.71. The summed E-state index contributed by atoms with van der Waals surface area (Å²) >= 11 is 0. The van der Waals surface area contributed by atoms with Crippen LogP contribution >= 0.6 is 0 Å². The van der Waals surface area contributed by atoms with Crippen LogP contribution in [0.5, 0.6) is 0 Å². The molecular weight excluding hydrogens is 240 g/mol. The Morgan fingerprint density at radius 3 is 2.74 bits per heavy atom. The van der Waals surface area contributed by atoms with Crippen LogP contribution in [0, 0.1) is 0 Å². The van der Waals surface area contributed by atoms with Crippen LogP contribution in [0.25, 0.3) is 0 Å². The fraction of sp³-hybridized carbons (Fsp3) is 0.500. The van der Waals surface area contributed by atoms with E-state index in [-0.39, 0.29) is 11.9 Å². The Labute approximate surface area is 113 Å². The van der Waals surface area contributed by atoms with Crippen molar-refractivity contribution in [3.05, 3.63) is 23.8 Å². The topological polar surface area (TPSA) is 59.4 Å². The van der Waals surface area contributed by atoms with E-state index < -0.39 is 0 Å². The van der Waals surface area contributed by atoms with Crippen molar-refractivity contribution in [2.45, 2.75) is 12.5 Å². The molecule has 1 aromatic carbocycles. The summed E-state index contributed by atoms with van der Waals surface area (Å²) in [4.78, 5) is 16.8. The molecule has 0 aromatic heterocycles. The van der Waals surface area contributed by atoms with E-state index in [1.807, 2.05) is 12.1 Å². The van der Waals surface area contributed by atoms with Gasteiger partial charge in [0.1, 0.15) is 0 Å². The molecule has 101 valence electrons. The predicted octanol–water partition coefficient (Wildman–Crippen LogP) is 0.712. The van der Waals surface area contributed by atoms with Crippen molar-refractivity contribution in [2.24, 2.45) is 0 Å². The largest absolute Gasteiger partial charge is 0.324 e. The molecule has 5 nitrogen and oxygen atoms in total. The van der Waals surface area contributed by atoms with E-state index >= 15 is 0 Å². The number of piperazine rings is 1. The van der Waals surface area contributed by atoms with Gasteiger partial charge in [0.2, 0.25) is 5.91 Å². The van der Waals surface area contributed by atoms with Crippen LogP contribution < -0.4 is 11.1 Å². The number of rotatable bonds is 1. The molecule has 1 fully saturated rings. The van der Waals surface area contributed by atoms with Crippen molar-refractivity contribution >= 4 is 17.3 Å². The Morgan fingerprint density at radius 2 is 2.00 bits per heavy atom. The second-order valence-electron chi connectivity index (χ2n) is 5.42. The van der Waals surface area contributed by atoms with Crippen molar-refractivity contribution in [2.75, 3.05) is 38.5 Å². The highest BCUT2D eigenvalue weighted by atomic mass is 16.2. The first-order chi connectivity index (χ1) is 9.13. The van der Waals surface area contributed by atoms with Crippen LogP contribution in [0.1, 0.15) is 5.56 Å². The summed E-state index contributed by atoms with van der Waals surface area (Å²) < 4.78 is 0. The third kappa shape index (κ3) is 2.43. The quantitative estimate of drug-likeness (QED) is 0.808. The van der Waals surface area contributed by atoms with E-state index in [4.69, 9.17) is 5.73 Å². The molecule has 2 N–H and O–H groups in total. The van der Waals surface area contributed by atoms with Crippen LogP contribution in [0.15, 0.2) is 18.2 Å². The monoisotopic (exact) mass is 259 g/mol. The molecule has 1 unspecified atom stereocenters. The zero-order valence-electron chi connectivity index (χ0n) is 11.1. The number of hydrogen-bond acceptors (Lipinski definition) is 3. The van der Waals surface area contributed by atoms with Crippen molar-refractivity contribution < 1.29 is 4.79 Å². The summed E-state index contributed by atoms with van der Waals surface area (Å²) in [6.45, 7) is 3.89. The average Bonchev–Trinajstić information content (AvgIpc) is 2.40. The fourth-order valence-electron chi connectivity index (χ4n) is 2.83. The zero-order valence-corrected chi connectivity index (χ0v) is 11.1. The highest BCUT2D eigenvalue weighted by molar-refractivity contribution is 5.98. The maximum absolute atomic E-state index is 12.2. The molecule has 19 heavy (non-hydrogen) atoms. The number of anilines is 1. The SMILES string of the molecule is CN1CCN(C2Cc3cc([NH])ccc3NC2=O)CC1. The van der Waals surface area contributed by atoms with Gasteiger partial charge in [-0.3, -0.25) is 9.69 Å². The number of carbonyl (C=O) groups is 1. The molecular formula is C14H19N4O. The van der Waals surface area contributed by atoms with Gasteiger partial charge >= 0.3 is 0 Å². The molecule has 0 bridgehead atoms. The lowest BCUT2D eigenvalue weighted by molar-refractivity contribution is -0.122. The third-order valence-corrected chi connectivity index (χ3v) is 4.06. The first kappa shape index (κ1) is 12.4. The minimum Gasteiger partial charge on any atom is -0.324 e. The summed E-state index contributed by atoms with van der Waals surface area (Å²) in [5.74, 6) is 0.0924. The number of nitrogens with zero attached hydrogens (tertiary/aromatic N) is 2. The highest BCUT2D eigenvalue weighted by Gasteiger charge is 2.32. The predicted molar refractivity (Wildman–Crippen MR) is 74.4 cm³/mol. The van der Waals surface area contributed by atoms with Gasteiger partial charge in [-0.15, -0.1) is 0 Å². The fourth-order valence-corrected chi connectivity index (χ4v) is 2.83. The van der Waals surface area contributed by atoms with E-state index in [9.17, 15) is 4.79 Å². The molecule has 2 heterocycles. The first-order valence-corrected chi connectivity index (χ1v) is 6.71. The van der Waals surface area contributed by atoms with Gasteiger partial charge in [0, 0.05) is 31.9 Å². The molecule has 2 aliphatic rings. The summed E-state index contributed by atoms with van der Waals surface area (Å²) in [6.07, 6.45) is 0.720. The summed E-state index contributed by atoms with van der Waals surface area (Å²) in [5.41, 5.74) is 10.1. The van der Waals surface area contributed by atoms with Gasteiger partial charge in [-0.05, 0) is 37.2 Å². The maximum Gasteiger partial charge on any atom is 0.242 e. The normalized spacial score (nSPS) is 24.9. The molecule has 2 aliphatic heterocycles. The molecule has 1 aromatic rings. The molecule has 0 spiro atoms. The molecule has 0 saturated carbocycles. The van der Waals surface area contributed by atoms with Crippen LogP contribution in [0.3, 0.4) is 0 Å². The molecule has 1 atom stereocenters. The Kier molecular flexibility index (Phi) is 3.16. The van der Waals surface area contributed by atoms with Gasteiger partial charge in [0.15, 0.2) is 0 Å². The van der Waals surface area contributed by atoms with E-state index in [0.717, 1.165) is 43.9 Å². The van der Waals surface area contributed by atoms with E-state index in [1.54, 1.807) is 6.07 Å².